The van der Waals surface area contributed by atoms with Crippen molar-refractivity contribution in [3.8, 4) is 0 Å². The minimum atomic E-state index is -0.951. The van der Waals surface area contributed by atoms with Gasteiger partial charge in [0.2, 0.25) is 0 Å². The van der Waals surface area contributed by atoms with Gasteiger partial charge in [-0.15, -0.1) is 11.3 Å². The second-order valence-corrected chi connectivity index (χ2v) is 8.39. The smallest absolute Gasteiger partial charge is 0.255 e. The van der Waals surface area contributed by atoms with Crippen molar-refractivity contribution < 1.29 is 14.0 Å². The van der Waals surface area contributed by atoms with Crippen LogP contribution in [-0.2, 0) is 30.7 Å². The van der Waals surface area contributed by atoms with Gasteiger partial charge in [0.15, 0.2) is 11.2 Å². The van der Waals surface area contributed by atoms with Gasteiger partial charge in [0.05, 0.1) is 18.6 Å². The van der Waals surface area contributed by atoms with Crippen molar-refractivity contribution in [2.45, 2.75) is 45.3 Å². The average molecular weight is 425 g/mol. The van der Waals surface area contributed by atoms with Gasteiger partial charge in [-0.3, -0.25) is 14.9 Å². The standard InChI is InChI=1S/C21H20FN5O2S/c1-2-12-8-13-14(15(22)9-12)10-27(20(13)29)18(19(28)25-21-23-5-7-30-21)17-16-4-3-6-26(16)11-24-17/h5,7-9,11,18H,2-4,6,10H2,1H3,(H,23,25,28). The van der Waals surface area contributed by atoms with Gasteiger partial charge in [0.25, 0.3) is 11.8 Å². The van der Waals surface area contributed by atoms with E-state index in [4.69, 9.17) is 0 Å². The molecule has 0 spiro atoms. The van der Waals surface area contributed by atoms with Crippen LogP contribution < -0.4 is 5.32 Å². The topological polar surface area (TPSA) is 80.1 Å². The molecule has 2 aromatic heterocycles. The lowest BCUT2D eigenvalue weighted by atomic mass is 10.0. The van der Waals surface area contributed by atoms with Gasteiger partial charge in [-0.25, -0.2) is 14.4 Å². The SMILES string of the molecule is CCc1cc(F)c2c(c1)C(=O)N(C(C(=O)Nc1nccs1)c1ncn3c1CCC3)C2. The minimum absolute atomic E-state index is 0.0340. The molecular weight excluding hydrogens is 405 g/mol. The number of aromatic nitrogens is 3. The number of hydrogen-bond acceptors (Lipinski definition) is 5. The van der Waals surface area contributed by atoms with E-state index in [2.05, 4.69) is 15.3 Å². The number of rotatable bonds is 5. The lowest BCUT2D eigenvalue weighted by Crippen LogP contribution is -2.38. The molecule has 1 aromatic carbocycles. The molecule has 1 unspecified atom stereocenters. The van der Waals surface area contributed by atoms with Crippen molar-refractivity contribution in [3.05, 3.63) is 63.9 Å². The van der Waals surface area contributed by atoms with Crippen molar-refractivity contribution in [3.63, 3.8) is 0 Å². The number of anilines is 1. The Bertz CT molecular complexity index is 1140. The van der Waals surface area contributed by atoms with Crippen LogP contribution in [0.3, 0.4) is 0 Å². The Hall–Kier alpha value is -3.07. The Morgan fingerprint density at radius 3 is 3.00 bits per heavy atom. The maximum absolute atomic E-state index is 14.7. The van der Waals surface area contributed by atoms with Gasteiger partial charge in [-0.05, 0) is 37.0 Å². The molecule has 2 aliphatic heterocycles. The molecule has 2 aliphatic rings. The van der Waals surface area contributed by atoms with Crippen LogP contribution in [0.4, 0.5) is 9.52 Å². The second-order valence-electron chi connectivity index (χ2n) is 7.49. The minimum Gasteiger partial charge on any atom is -0.334 e. The summed E-state index contributed by atoms with van der Waals surface area (Å²) in [5, 5.41) is 5.00. The summed E-state index contributed by atoms with van der Waals surface area (Å²) < 4.78 is 16.7. The first-order chi connectivity index (χ1) is 14.6. The van der Waals surface area contributed by atoms with E-state index < -0.39 is 17.8 Å². The predicted octanol–water partition coefficient (Wildman–Crippen LogP) is 3.32. The van der Waals surface area contributed by atoms with E-state index in [-0.39, 0.29) is 12.5 Å². The van der Waals surface area contributed by atoms with Crippen molar-refractivity contribution in [2.75, 3.05) is 5.32 Å². The van der Waals surface area contributed by atoms with E-state index in [0.717, 1.165) is 30.6 Å². The zero-order chi connectivity index (χ0) is 20.8. The molecule has 1 N–H and O–H groups in total. The molecule has 30 heavy (non-hydrogen) atoms. The Kier molecular flexibility index (Phi) is 4.62. The van der Waals surface area contributed by atoms with E-state index in [1.807, 2.05) is 11.5 Å². The molecule has 2 amide bonds. The molecule has 0 fully saturated rings. The number of thiazole rings is 1. The van der Waals surface area contributed by atoms with Crippen LogP contribution in [0.2, 0.25) is 0 Å². The molecule has 0 bridgehead atoms. The molecule has 3 aromatic rings. The summed E-state index contributed by atoms with van der Waals surface area (Å²) in [5.74, 6) is -1.15. The number of halogens is 1. The molecule has 7 nitrogen and oxygen atoms in total. The summed E-state index contributed by atoms with van der Waals surface area (Å²) in [6, 6.07) is 2.25. The van der Waals surface area contributed by atoms with E-state index in [0.29, 0.717) is 28.4 Å². The molecule has 0 aliphatic carbocycles. The van der Waals surface area contributed by atoms with Crippen molar-refractivity contribution in [1.82, 2.24) is 19.4 Å². The molecule has 0 radical (unpaired) electrons. The van der Waals surface area contributed by atoms with Crippen LogP contribution in [0.1, 0.15) is 52.3 Å². The summed E-state index contributed by atoms with van der Waals surface area (Å²) in [6.45, 7) is 2.79. The number of nitrogens with zero attached hydrogens (tertiary/aromatic N) is 4. The molecular formula is C21H20FN5O2S. The highest BCUT2D eigenvalue weighted by molar-refractivity contribution is 7.13. The zero-order valence-electron chi connectivity index (χ0n) is 16.4. The molecule has 5 rings (SSSR count). The van der Waals surface area contributed by atoms with Crippen LogP contribution in [0.15, 0.2) is 30.0 Å². The molecule has 4 heterocycles. The van der Waals surface area contributed by atoms with Gasteiger partial charge >= 0.3 is 0 Å². The summed E-state index contributed by atoms with van der Waals surface area (Å²) in [7, 11) is 0. The molecule has 9 heteroatoms. The van der Waals surface area contributed by atoms with Crippen LogP contribution in [0.25, 0.3) is 0 Å². The van der Waals surface area contributed by atoms with Gasteiger partial charge in [-0.1, -0.05) is 6.92 Å². The fourth-order valence-corrected chi connectivity index (χ4v) is 4.79. The number of hydrogen-bond donors (Lipinski definition) is 1. The van der Waals surface area contributed by atoms with Gasteiger partial charge < -0.3 is 9.47 Å². The van der Waals surface area contributed by atoms with Crippen molar-refractivity contribution >= 4 is 28.3 Å². The number of aryl methyl sites for hydroxylation is 2. The van der Waals surface area contributed by atoms with Gasteiger partial charge in [0.1, 0.15) is 5.82 Å². The molecule has 154 valence electrons. The lowest BCUT2D eigenvalue weighted by molar-refractivity contribution is -0.121. The van der Waals surface area contributed by atoms with Crippen molar-refractivity contribution in [1.29, 1.82) is 0 Å². The Labute approximate surface area is 176 Å². The van der Waals surface area contributed by atoms with Gasteiger partial charge in [-0.2, -0.15) is 0 Å². The van der Waals surface area contributed by atoms with Crippen LogP contribution in [0.5, 0.6) is 0 Å². The fraction of sp³-hybridized carbons (Fsp3) is 0.333. The molecule has 0 saturated heterocycles. The van der Waals surface area contributed by atoms with E-state index in [1.54, 1.807) is 24.0 Å². The number of carbonyl (C=O) groups is 2. The number of imidazole rings is 1. The Morgan fingerprint density at radius 1 is 1.37 bits per heavy atom. The maximum atomic E-state index is 14.7. The Balaban J connectivity index is 1.56. The highest BCUT2D eigenvalue weighted by Crippen LogP contribution is 2.36. The van der Waals surface area contributed by atoms with Crippen LogP contribution in [-0.4, -0.2) is 31.2 Å². The number of nitrogens with one attached hydrogen (secondary N) is 1. The quantitative estimate of drug-likeness (QED) is 0.680. The van der Waals surface area contributed by atoms with E-state index in [9.17, 15) is 14.0 Å². The number of carbonyl (C=O) groups excluding carboxylic acids is 2. The lowest BCUT2D eigenvalue weighted by Gasteiger charge is -2.26. The first-order valence-electron chi connectivity index (χ1n) is 9.93. The molecule has 0 saturated carbocycles. The highest BCUT2D eigenvalue weighted by Gasteiger charge is 2.41. The third-order valence-corrected chi connectivity index (χ3v) is 6.44. The highest BCUT2D eigenvalue weighted by atomic mass is 32.1. The summed E-state index contributed by atoms with van der Waals surface area (Å²) in [6.07, 6.45) is 5.70. The number of benzene rings is 1. The van der Waals surface area contributed by atoms with Gasteiger partial charge in [0, 0.05) is 34.9 Å². The molecule has 1 atom stereocenters. The summed E-state index contributed by atoms with van der Waals surface area (Å²) in [5.41, 5.74) is 2.93. The van der Waals surface area contributed by atoms with Crippen molar-refractivity contribution in [2.24, 2.45) is 0 Å². The predicted molar refractivity (Wildman–Crippen MR) is 110 cm³/mol. The van der Waals surface area contributed by atoms with Crippen LogP contribution in [0, 0.1) is 5.82 Å². The summed E-state index contributed by atoms with van der Waals surface area (Å²) in [4.78, 5) is 36.6. The average Bonchev–Trinajstić information content (AvgIpc) is 3.50. The van der Waals surface area contributed by atoms with E-state index in [1.165, 1.54) is 22.3 Å². The monoisotopic (exact) mass is 425 g/mol. The summed E-state index contributed by atoms with van der Waals surface area (Å²) >= 11 is 1.30. The van der Waals surface area contributed by atoms with Crippen LogP contribution >= 0.6 is 11.3 Å². The second kappa shape index (κ2) is 7.32. The zero-order valence-corrected chi connectivity index (χ0v) is 17.2. The normalized spacial score (nSPS) is 15.9. The maximum Gasteiger partial charge on any atom is 0.255 e. The first kappa shape index (κ1) is 18.9. The third-order valence-electron chi connectivity index (χ3n) is 5.76. The van der Waals surface area contributed by atoms with E-state index >= 15 is 0 Å². The fourth-order valence-electron chi connectivity index (χ4n) is 4.26. The largest absolute Gasteiger partial charge is 0.334 e. The Morgan fingerprint density at radius 2 is 2.23 bits per heavy atom. The number of fused-ring (bicyclic) bond motifs is 2. The first-order valence-corrected chi connectivity index (χ1v) is 10.8. The number of amides is 2. The third kappa shape index (κ3) is 3.00.